The number of amides is 1. The zero-order valence-electron chi connectivity index (χ0n) is 17.6. The molecular weight excluding hydrogens is 595 g/mol. The Balaban J connectivity index is 1.45. The molecule has 34 heavy (non-hydrogen) atoms. The number of hydrogen-bond donors (Lipinski definition) is 1. The summed E-state index contributed by atoms with van der Waals surface area (Å²) in [6, 6.07) is 14.5. The first-order valence-corrected chi connectivity index (χ1v) is 11.8. The summed E-state index contributed by atoms with van der Waals surface area (Å²) in [6.45, 7) is 0.185. The van der Waals surface area contributed by atoms with Crippen LogP contribution in [0.3, 0.4) is 0 Å². The number of carbonyl (C=O) groups excluding carboxylic acids is 1. The second kappa shape index (κ2) is 10.6. The molecule has 0 saturated carbocycles. The average Bonchev–Trinajstić information content (AvgIpc) is 3.23. The van der Waals surface area contributed by atoms with E-state index in [0.717, 1.165) is 19.9 Å². The van der Waals surface area contributed by atoms with Crippen LogP contribution in [-0.2, 0) is 6.61 Å². The molecule has 6 nitrogen and oxygen atoms in total. The molecule has 0 atom stereocenters. The maximum Gasteiger partial charge on any atom is 0.307 e. The van der Waals surface area contributed by atoms with E-state index in [2.05, 4.69) is 42.4 Å². The summed E-state index contributed by atoms with van der Waals surface area (Å²) < 4.78 is 31.4. The third-order valence-electron chi connectivity index (χ3n) is 4.69. The number of nitrogens with one attached hydrogen (secondary N) is 1. The van der Waals surface area contributed by atoms with Gasteiger partial charge in [-0.05, 0) is 69.5 Å². The van der Waals surface area contributed by atoms with E-state index >= 15 is 0 Å². The van der Waals surface area contributed by atoms with Crippen molar-refractivity contribution in [3.8, 4) is 11.5 Å². The summed E-state index contributed by atoms with van der Waals surface area (Å²) in [5, 5.41) is 5.04. The Kier molecular flexibility index (Phi) is 7.55. The number of methoxy groups -OCH3 is 1. The van der Waals surface area contributed by atoms with E-state index in [1.54, 1.807) is 30.3 Å². The van der Waals surface area contributed by atoms with Crippen molar-refractivity contribution < 1.29 is 23.1 Å². The highest BCUT2D eigenvalue weighted by Gasteiger charge is 2.15. The van der Waals surface area contributed by atoms with Crippen molar-refractivity contribution in [1.29, 1.82) is 0 Å². The zero-order chi connectivity index (χ0) is 24.2. The van der Waals surface area contributed by atoms with Crippen LogP contribution in [0, 0.1) is 5.82 Å². The Bertz CT molecular complexity index is 1390. The minimum absolute atomic E-state index is 0.117. The molecule has 0 radical (unpaired) electrons. The standard InChI is InChI=1S/C24H16Br2ClFN2O4/c1-32-20-7-14(6-19(27)23(20)33-12-13-2-4-17(28)5-3-13)11-29-30-24(31)21-9-15-8-16(25)10-18(26)22(15)34-21/h2-11H,12H2,1H3,(H,30,31)/b29-11-. The van der Waals surface area contributed by atoms with Gasteiger partial charge in [-0.2, -0.15) is 5.10 Å². The second-order valence-electron chi connectivity index (χ2n) is 7.06. The lowest BCUT2D eigenvalue weighted by atomic mass is 10.2. The number of hydrogen-bond acceptors (Lipinski definition) is 5. The van der Waals surface area contributed by atoms with Gasteiger partial charge in [-0.1, -0.05) is 39.7 Å². The van der Waals surface area contributed by atoms with Crippen molar-refractivity contribution >= 4 is 66.6 Å². The van der Waals surface area contributed by atoms with Crippen LogP contribution in [0.4, 0.5) is 4.39 Å². The topological polar surface area (TPSA) is 73.1 Å². The zero-order valence-corrected chi connectivity index (χ0v) is 21.5. The van der Waals surface area contributed by atoms with E-state index in [1.165, 1.54) is 25.5 Å². The maximum atomic E-state index is 13.1. The van der Waals surface area contributed by atoms with Gasteiger partial charge >= 0.3 is 5.91 Å². The molecule has 3 aromatic carbocycles. The molecule has 4 rings (SSSR count). The molecule has 1 aromatic heterocycles. The summed E-state index contributed by atoms with van der Waals surface area (Å²) >= 11 is 13.2. The van der Waals surface area contributed by atoms with Gasteiger partial charge in [0.1, 0.15) is 18.0 Å². The van der Waals surface area contributed by atoms with Crippen LogP contribution in [0.25, 0.3) is 11.0 Å². The third-order valence-corrected chi connectivity index (χ3v) is 6.02. The SMILES string of the molecule is COc1cc(/C=N\NC(=O)c2cc3cc(Br)cc(Br)c3o2)cc(Cl)c1OCc1ccc(F)cc1. The van der Waals surface area contributed by atoms with Crippen molar-refractivity contribution in [1.82, 2.24) is 5.43 Å². The molecule has 0 unspecified atom stereocenters. The van der Waals surface area contributed by atoms with Crippen LogP contribution >= 0.6 is 43.5 Å². The quantitative estimate of drug-likeness (QED) is 0.179. The molecule has 0 fully saturated rings. The predicted octanol–water partition coefficient (Wildman–Crippen LogP) is 7.10. The maximum absolute atomic E-state index is 13.1. The van der Waals surface area contributed by atoms with Crippen molar-refractivity contribution in [3.05, 3.63) is 91.3 Å². The number of fused-ring (bicyclic) bond motifs is 1. The minimum Gasteiger partial charge on any atom is -0.493 e. The Morgan fingerprint density at radius 1 is 1.18 bits per heavy atom. The van der Waals surface area contributed by atoms with Gasteiger partial charge in [0.2, 0.25) is 0 Å². The lowest BCUT2D eigenvalue weighted by molar-refractivity contribution is 0.0929. The smallest absolute Gasteiger partial charge is 0.307 e. The monoisotopic (exact) mass is 608 g/mol. The fourth-order valence-electron chi connectivity index (χ4n) is 3.10. The van der Waals surface area contributed by atoms with E-state index in [9.17, 15) is 9.18 Å². The fraction of sp³-hybridized carbons (Fsp3) is 0.0833. The first-order valence-electron chi connectivity index (χ1n) is 9.81. The van der Waals surface area contributed by atoms with Gasteiger partial charge in [-0.15, -0.1) is 0 Å². The Labute approximate surface area is 215 Å². The van der Waals surface area contributed by atoms with Crippen molar-refractivity contribution in [2.75, 3.05) is 7.11 Å². The Morgan fingerprint density at radius 2 is 1.94 bits per heavy atom. The highest BCUT2D eigenvalue weighted by molar-refractivity contribution is 9.11. The summed E-state index contributed by atoms with van der Waals surface area (Å²) in [5.41, 5.74) is 4.34. The molecule has 0 aliphatic carbocycles. The number of nitrogens with zero attached hydrogens (tertiary/aromatic N) is 1. The molecule has 0 aliphatic rings. The normalized spacial score (nSPS) is 11.2. The molecule has 0 aliphatic heterocycles. The van der Waals surface area contributed by atoms with Crippen molar-refractivity contribution in [3.63, 3.8) is 0 Å². The molecule has 1 N–H and O–H groups in total. The van der Waals surface area contributed by atoms with Gasteiger partial charge in [-0.25, -0.2) is 9.82 Å². The first kappa shape index (κ1) is 24.3. The van der Waals surface area contributed by atoms with Crippen LogP contribution in [0.15, 0.2) is 73.1 Å². The lowest BCUT2D eigenvalue weighted by Crippen LogP contribution is -2.16. The molecule has 1 heterocycles. The van der Waals surface area contributed by atoms with E-state index in [4.69, 9.17) is 25.5 Å². The highest BCUT2D eigenvalue weighted by Crippen LogP contribution is 2.36. The molecule has 0 bridgehead atoms. The van der Waals surface area contributed by atoms with Crippen LogP contribution in [0.5, 0.6) is 11.5 Å². The summed E-state index contributed by atoms with van der Waals surface area (Å²) in [6.07, 6.45) is 1.42. The molecular formula is C24H16Br2ClFN2O4. The third kappa shape index (κ3) is 5.60. The van der Waals surface area contributed by atoms with Gasteiger partial charge < -0.3 is 13.9 Å². The number of benzene rings is 3. The summed E-state index contributed by atoms with van der Waals surface area (Å²) in [5.74, 6) is 0.0130. The second-order valence-corrected chi connectivity index (χ2v) is 9.24. The van der Waals surface area contributed by atoms with Crippen LogP contribution < -0.4 is 14.9 Å². The first-order chi connectivity index (χ1) is 16.3. The van der Waals surface area contributed by atoms with Crippen molar-refractivity contribution in [2.45, 2.75) is 6.61 Å². The van der Waals surface area contributed by atoms with Gasteiger partial charge in [0.05, 0.1) is 22.8 Å². The highest BCUT2D eigenvalue weighted by atomic mass is 79.9. The number of ether oxygens (including phenoxy) is 2. The van der Waals surface area contributed by atoms with Crippen LogP contribution in [0.1, 0.15) is 21.7 Å². The Hall–Kier alpha value is -2.88. The van der Waals surface area contributed by atoms with Gasteiger partial charge in [0, 0.05) is 9.86 Å². The van der Waals surface area contributed by atoms with Crippen LogP contribution in [0.2, 0.25) is 5.02 Å². The van der Waals surface area contributed by atoms with Crippen molar-refractivity contribution in [2.24, 2.45) is 5.10 Å². The molecule has 1 amide bonds. The van der Waals surface area contributed by atoms with Gasteiger partial charge in [0.15, 0.2) is 17.3 Å². The van der Waals surface area contributed by atoms with Crippen LogP contribution in [-0.4, -0.2) is 19.2 Å². The predicted molar refractivity (Wildman–Crippen MR) is 135 cm³/mol. The molecule has 0 spiro atoms. The number of carbonyl (C=O) groups is 1. The number of rotatable bonds is 7. The Morgan fingerprint density at radius 3 is 2.68 bits per heavy atom. The van der Waals surface area contributed by atoms with Gasteiger partial charge in [0.25, 0.3) is 0 Å². The number of furan rings is 1. The molecule has 174 valence electrons. The number of halogens is 4. The van der Waals surface area contributed by atoms with E-state index in [-0.39, 0.29) is 18.2 Å². The van der Waals surface area contributed by atoms with E-state index in [0.29, 0.717) is 27.7 Å². The minimum atomic E-state index is -0.507. The lowest BCUT2D eigenvalue weighted by Gasteiger charge is -2.13. The van der Waals surface area contributed by atoms with E-state index < -0.39 is 5.91 Å². The summed E-state index contributed by atoms with van der Waals surface area (Å²) in [4.78, 5) is 12.4. The van der Waals surface area contributed by atoms with Gasteiger partial charge in [-0.3, -0.25) is 4.79 Å². The average molecular weight is 611 g/mol. The largest absolute Gasteiger partial charge is 0.493 e. The number of hydrazone groups is 1. The fourth-order valence-corrected chi connectivity index (χ4v) is 4.71. The molecule has 0 saturated heterocycles. The molecule has 4 aromatic rings. The summed E-state index contributed by atoms with van der Waals surface area (Å²) in [7, 11) is 1.48. The van der Waals surface area contributed by atoms with E-state index in [1.807, 2.05) is 12.1 Å². The molecule has 10 heteroatoms.